The zero-order valence-corrected chi connectivity index (χ0v) is 17.3. The van der Waals surface area contributed by atoms with Crippen molar-refractivity contribution in [1.82, 2.24) is 14.4 Å². The Kier molecular flexibility index (Phi) is 5.67. The summed E-state index contributed by atoms with van der Waals surface area (Å²) in [6, 6.07) is 12.1. The van der Waals surface area contributed by atoms with Gasteiger partial charge in [-0.25, -0.2) is 8.42 Å². The number of aromatic nitrogens is 2. The van der Waals surface area contributed by atoms with E-state index in [2.05, 4.69) is 14.7 Å². The van der Waals surface area contributed by atoms with E-state index in [9.17, 15) is 21.6 Å². The van der Waals surface area contributed by atoms with E-state index in [0.717, 1.165) is 0 Å². The number of ether oxygens (including phenoxy) is 1. The van der Waals surface area contributed by atoms with Crippen LogP contribution in [0.25, 0.3) is 11.4 Å². The second-order valence-corrected chi connectivity index (χ2v) is 9.17. The highest BCUT2D eigenvalue weighted by atomic mass is 35.5. The maximum atomic E-state index is 12.8. The minimum atomic E-state index is -4.71. The molecule has 31 heavy (non-hydrogen) atoms. The van der Waals surface area contributed by atoms with Crippen molar-refractivity contribution in [3.05, 3.63) is 59.4 Å². The molecule has 7 nitrogen and oxygen atoms in total. The highest BCUT2D eigenvalue weighted by Gasteiger charge is 2.38. The fourth-order valence-electron chi connectivity index (χ4n) is 3.12. The van der Waals surface area contributed by atoms with Crippen LogP contribution in [0.5, 0.6) is 5.75 Å². The van der Waals surface area contributed by atoms with Crippen LogP contribution < -0.4 is 4.74 Å². The summed E-state index contributed by atoms with van der Waals surface area (Å²) in [5.41, 5.74) is 0.322. The third kappa shape index (κ3) is 4.68. The van der Waals surface area contributed by atoms with Gasteiger partial charge in [0.2, 0.25) is 15.8 Å². The van der Waals surface area contributed by atoms with Gasteiger partial charge in [-0.2, -0.15) is 22.5 Å². The number of nitrogens with zero attached hydrogens (tertiary/aromatic N) is 3. The lowest BCUT2D eigenvalue weighted by atomic mass is 10.2. The van der Waals surface area contributed by atoms with Crippen molar-refractivity contribution in [2.75, 3.05) is 13.1 Å². The normalized spacial score (nSPS) is 17.7. The molecule has 2 heterocycles. The molecule has 4 rings (SSSR count). The van der Waals surface area contributed by atoms with E-state index >= 15 is 0 Å². The minimum Gasteiger partial charge on any atom is -0.489 e. The number of rotatable bonds is 5. The maximum Gasteiger partial charge on any atom is 0.471 e. The van der Waals surface area contributed by atoms with E-state index in [1.165, 1.54) is 28.6 Å². The SMILES string of the molecule is O=S(=O)(c1cccc(Cl)c1)N1CC[C@H](Oc2ccc(-c3noc(C(F)(F)F)n3)cc2)C1. The van der Waals surface area contributed by atoms with E-state index in [4.69, 9.17) is 16.3 Å². The van der Waals surface area contributed by atoms with E-state index in [-0.39, 0.29) is 23.4 Å². The Labute approximate surface area is 180 Å². The van der Waals surface area contributed by atoms with Crippen LogP contribution in [-0.2, 0) is 16.2 Å². The van der Waals surface area contributed by atoms with Gasteiger partial charge in [-0.1, -0.05) is 22.8 Å². The first-order valence-electron chi connectivity index (χ1n) is 9.06. The summed E-state index contributed by atoms with van der Waals surface area (Å²) in [5.74, 6) is -1.18. The molecule has 0 N–H and O–H groups in total. The van der Waals surface area contributed by atoms with E-state index in [0.29, 0.717) is 29.3 Å². The monoisotopic (exact) mass is 473 g/mol. The summed E-state index contributed by atoms with van der Waals surface area (Å²) in [5, 5.41) is 3.66. The molecule has 0 unspecified atom stereocenters. The van der Waals surface area contributed by atoms with E-state index < -0.39 is 22.1 Å². The lowest BCUT2D eigenvalue weighted by molar-refractivity contribution is -0.159. The van der Waals surface area contributed by atoms with Gasteiger partial charge in [0, 0.05) is 17.1 Å². The standard InChI is InChI=1S/C19H15ClF3N3O4S/c20-13-2-1-3-16(10-13)31(27,28)26-9-8-15(11-26)29-14-6-4-12(5-7-14)17-24-18(30-25-17)19(21,22)23/h1-7,10,15H,8-9,11H2/t15-/m0/s1. The molecule has 0 radical (unpaired) electrons. The predicted octanol–water partition coefficient (Wildman–Crippen LogP) is 4.25. The molecule has 1 aliphatic heterocycles. The lowest BCUT2D eigenvalue weighted by Gasteiger charge is -2.17. The van der Waals surface area contributed by atoms with Crippen LogP contribution in [-0.4, -0.2) is 42.1 Å². The van der Waals surface area contributed by atoms with Crippen LogP contribution in [0, 0.1) is 0 Å². The largest absolute Gasteiger partial charge is 0.489 e. The van der Waals surface area contributed by atoms with Crippen LogP contribution in [0.15, 0.2) is 57.9 Å². The van der Waals surface area contributed by atoms with Crippen LogP contribution in [0.3, 0.4) is 0 Å². The first-order chi connectivity index (χ1) is 14.6. The summed E-state index contributed by atoms with van der Waals surface area (Å²) >= 11 is 5.90. The van der Waals surface area contributed by atoms with Crippen molar-refractivity contribution in [3.63, 3.8) is 0 Å². The Balaban J connectivity index is 1.41. The van der Waals surface area contributed by atoms with Crippen molar-refractivity contribution in [2.45, 2.75) is 23.6 Å². The fourth-order valence-corrected chi connectivity index (χ4v) is 4.91. The van der Waals surface area contributed by atoms with Gasteiger partial charge in [0.25, 0.3) is 0 Å². The highest BCUT2D eigenvalue weighted by Crippen LogP contribution is 2.30. The van der Waals surface area contributed by atoms with Crippen LogP contribution in [0.4, 0.5) is 13.2 Å². The predicted molar refractivity (Wildman–Crippen MR) is 104 cm³/mol. The maximum absolute atomic E-state index is 12.8. The molecule has 3 aromatic rings. The van der Waals surface area contributed by atoms with Gasteiger partial charge < -0.3 is 9.26 Å². The Hall–Kier alpha value is -2.63. The van der Waals surface area contributed by atoms with Crippen LogP contribution >= 0.6 is 11.6 Å². The molecule has 12 heteroatoms. The molecule has 1 aromatic heterocycles. The Morgan fingerprint density at radius 3 is 2.55 bits per heavy atom. The average molecular weight is 474 g/mol. The molecule has 0 spiro atoms. The molecule has 1 saturated heterocycles. The number of sulfonamides is 1. The lowest BCUT2D eigenvalue weighted by Crippen LogP contribution is -2.31. The third-order valence-electron chi connectivity index (χ3n) is 4.63. The number of alkyl halides is 3. The molecule has 1 fully saturated rings. The van der Waals surface area contributed by atoms with E-state index in [1.807, 2.05) is 0 Å². The number of benzene rings is 2. The van der Waals surface area contributed by atoms with Crippen molar-refractivity contribution in [2.24, 2.45) is 0 Å². The molecule has 0 aliphatic carbocycles. The third-order valence-corrected chi connectivity index (χ3v) is 6.72. The number of hydrogen-bond acceptors (Lipinski definition) is 6. The highest BCUT2D eigenvalue weighted by molar-refractivity contribution is 7.89. The Morgan fingerprint density at radius 2 is 1.90 bits per heavy atom. The van der Waals surface area contributed by atoms with Gasteiger partial charge >= 0.3 is 12.1 Å². The molecule has 0 saturated carbocycles. The quantitative estimate of drug-likeness (QED) is 0.550. The average Bonchev–Trinajstić information content (AvgIpc) is 3.38. The fraction of sp³-hybridized carbons (Fsp3) is 0.263. The number of halogens is 4. The van der Waals surface area contributed by atoms with Crippen molar-refractivity contribution >= 4 is 21.6 Å². The summed E-state index contributed by atoms with van der Waals surface area (Å²) < 4.78 is 74.7. The Bertz CT molecular complexity index is 1180. The van der Waals surface area contributed by atoms with Gasteiger partial charge in [-0.05, 0) is 48.9 Å². The Morgan fingerprint density at radius 1 is 1.16 bits per heavy atom. The van der Waals surface area contributed by atoms with Gasteiger partial charge in [-0.3, -0.25) is 0 Å². The van der Waals surface area contributed by atoms with Gasteiger partial charge in [0.05, 0.1) is 11.4 Å². The molecule has 0 bridgehead atoms. The summed E-state index contributed by atoms with van der Waals surface area (Å²) in [4.78, 5) is 3.44. The second kappa shape index (κ2) is 8.13. The summed E-state index contributed by atoms with van der Waals surface area (Å²) in [6.45, 7) is 0.455. The molecule has 2 aromatic carbocycles. The first-order valence-corrected chi connectivity index (χ1v) is 10.9. The van der Waals surface area contributed by atoms with Crippen molar-refractivity contribution < 1.29 is 30.8 Å². The summed E-state index contributed by atoms with van der Waals surface area (Å²) in [7, 11) is -3.69. The second-order valence-electron chi connectivity index (χ2n) is 6.79. The van der Waals surface area contributed by atoms with Gasteiger partial charge in [-0.15, -0.1) is 0 Å². The van der Waals surface area contributed by atoms with Crippen molar-refractivity contribution in [3.8, 4) is 17.1 Å². The summed E-state index contributed by atoms with van der Waals surface area (Å²) in [6.07, 6.45) is -4.60. The topological polar surface area (TPSA) is 85.5 Å². The van der Waals surface area contributed by atoms with Gasteiger partial charge in [0.15, 0.2) is 0 Å². The molecule has 0 amide bonds. The molecular weight excluding hydrogens is 459 g/mol. The molecular formula is C19H15ClF3N3O4S. The van der Waals surface area contributed by atoms with Crippen LogP contribution in [0.1, 0.15) is 12.3 Å². The molecule has 164 valence electrons. The molecule has 1 atom stereocenters. The van der Waals surface area contributed by atoms with Gasteiger partial charge in [0.1, 0.15) is 11.9 Å². The zero-order chi connectivity index (χ0) is 22.2. The zero-order valence-electron chi connectivity index (χ0n) is 15.7. The van der Waals surface area contributed by atoms with E-state index in [1.54, 1.807) is 24.3 Å². The number of hydrogen-bond donors (Lipinski definition) is 0. The molecule has 1 aliphatic rings. The van der Waals surface area contributed by atoms with Crippen molar-refractivity contribution in [1.29, 1.82) is 0 Å². The minimum absolute atomic E-state index is 0.114. The smallest absolute Gasteiger partial charge is 0.471 e. The van der Waals surface area contributed by atoms with Crippen LogP contribution in [0.2, 0.25) is 5.02 Å². The first kappa shape index (κ1) is 21.6.